The highest BCUT2D eigenvalue weighted by Gasteiger charge is 2.62. The van der Waals surface area contributed by atoms with Crippen LogP contribution in [0.5, 0.6) is 5.75 Å². The molecule has 7 nitrogen and oxygen atoms in total. The number of carbonyl (C=O) groups is 1. The van der Waals surface area contributed by atoms with Gasteiger partial charge < -0.3 is 4.74 Å². The molecule has 2 aromatic carbocycles. The Bertz CT molecular complexity index is 1270. The number of rotatable bonds is 7. The van der Waals surface area contributed by atoms with E-state index in [0.717, 1.165) is 24.3 Å². The zero-order valence-electron chi connectivity index (χ0n) is 19.4. The molecule has 0 fully saturated rings. The van der Waals surface area contributed by atoms with E-state index in [1.165, 1.54) is 18.2 Å². The monoisotopic (exact) mass is 525 g/mol. The number of amides is 1. The number of carbonyl (C=O) groups excluding carboxylic acids is 1. The third-order valence-electron chi connectivity index (χ3n) is 5.93. The summed E-state index contributed by atoms with van der Waals surface area (Å²) in [6, 6.07) is 9.34. The van der Waals surface area contributed by atoms with Gasteiger partial charge in [-0.2, -0.15) is 31.6 Å². The Morgan fingerprint density at radius 3 is 2.43 bits per heavy atom. The third-order valence-corrected chi connectivity index (χ3v) is 5.93. The zero-order chi connectivity index (χ0) is 26.8. The predicted molar refractivity (Wildman–Crippen MR) is 121 cm³/mol. The second-order valence-electron chi connectivity index (χ2n) is 8.49. The summed E-state index contributed by atoms with van der Waals surface area (Å²) in [5.41, 5.74) is -2.23. The molecular weight excluding hydrogens is 504 g/mol. The van der Waals surface area contributed by atoms with E-state index in [1.807, 2.05) is 0 Å². The van der Waals surface area contributed by atoms with Crippen molar-refractivity contribution in [1.82, 2.24) is 20.6 Å². The van der Waals surface area contributed by atoms with E-state index in [2.05, 4.69) is 20.6 Å². The lowest BCUT2D eigenvalue weighted by atomic mass is 9.80. The summed E-state index contributed by atoms with van der Waals surface area (Å²) in [5.74, 6) is -0.778. The SMILES string of the molecule is Cc1ccc(N2C(=O)C=CC[C@@]2(c2ccc(OCCCC(F)(F)F)cc2)C(F)(F)F)c(-c2nn[nH]n2)c1. The summed E-state index contributed by atoms with van der Waals surface area (Å²) < 4.78 is 87.2. The Kier molecular flexibility index (Phi) is 6.98. The van der Waals surface area contributed by atoms with Gasteiger partial charge >= 0.3 is 12.4 Å². The largest absolute Gasteiger partial charge is 0.494 e. The van der Waals surface area contributed by atoms with Crippen LogP contribution >= 0.6 is 0 Å². The maximum absolute atomic E-state index is 15.0. The molecule has 37 heavy (non-hydrogen) atoms. The molecule has 1 aromatic heterocycles. The van der Waals surface area contributed by atoms with Gasteiger partial charge in [0, 0.05) is 18.4 Å². The van der Waals surface area contributed by atoms with Gasteiger partial charge in [0.25, 0.3) is 5.91 Å². The van der Waals surface area contributed by atoms with Crippen LogP contribution in [0, 0.1) is 6.92 Å². The summed E-state index contributed by atoms with van der Waals surface area (Å²) in [7, 11) is 0. The van der Waals surface area contributed by atoms with Crippen LogP contribution in [-0.4, -0.2) is 45.5 Å². The molecule has 0 aliphatic carbocycles. The lowest BCUT2D eigenvalue weighted by Crippen LogP contribution is -2.60. The summed E-state index contributed by atoms with van der Waals surface area (Å²) >= 11 is 0. The number of hydrogen-bond acceptors (Lipinski definition) is 5. The number of aryl methyl sites for hydroxylation is 1. The fourth-order valence-corrected chi connectivity index (χ4v) is 4.25. The Labute approximate surface area is 207 Å². The summed E-state index contributed by atoms with van der Waals surface area (Å²) in [6.07, 6.45) is -8.93. The van der Waals surface area contributed by atoms with Gasteiger partial charge in [-0.25, -0.2) is 0 Å². The molecule has 0 radical (unpaired) electrons. The molecular formula is C24H21F6N5O2. The van der Waals surface area contributed by atoms with E-state index in [-0.39, 0.29) is 41.4 Å². The number of anilines is 1. The fraction of sp³-hybridized carbons (Fsp3) is 0.333. The first kappa shape index (κ1) is 26.2. The van der Waals surface area contributed by atoms with Gasteiger partial charge in [0.2, 0.25) is 5.82 Å². The van der Waals surface area contributed by atoms with Crippen LogP contribution in [0.2, 0.25) is 0 Å². The predicted octanol–water partition coefficient (Wildman–Crippen LogP) is 5.65. The molecule has 1 amide bonds. The van der Waals surface area contributed by atoms with Crippen LogP contribution in [0.3, 0.4) is 0 Å². The lowest BCUT2D eigenvalue weighted by molar-refractivity contribution is -0.192. The fourth-order valence-electron chi connectivity index (χ4n) is 4.25. The van der Waals surface area contributed by atoms with Crippen LogP contribution in [0.25, 0.3) is 11.4 Å². The molecule has 1 aliphatic rings. The first-order valence-corrected chi connectivity index (χ1v) is 11.1. The van der Waals surface area contributed by atoms with Gasteiger partial charge in [-0.1, -0.05) is 29.8 Å². The van der Waals surface area contributed by atoms with E-state index in [1.54, 1.807) is 19.1 Å². The molecule has 0 saturated carbocycles. The molecule has 4 rings (SSSR count). The summed E-state index contributed by atoms with van der Waals surface area (Å²) in [6.45, 7) is 1.48. The number of halogens is 6. The van der Waals surface area contributed by atoms with Gasteiger partial charge in [-0.3, -0.25) is 9.69 Å². The molecule has 0 spiro atoms. The minimum Gasteiger partial charge on any atom is -0.494 e. The minimum absolute atomic E-state index is 0.0136. The second-order valence-corrected chi connectivity index (χ2v) is 8.49. The van der Waals surface area contributed by atoms with Crippen molar-refractivity contribution in [1.29, 1.82) is 0 Å². The maximum atomic E-state index is 15.0. The molecule has 2 heterocycles. The number of aromatic amines is 1. The van der Waals surface area contributed by atoms with Crippen molar-refractivity contribution in [3.05, 3.63) is 65.7 Å². The van der Waals surface area contributed by atoms with E-state index in [9.17, 15) is 31.1 Å². The number of nitrogens with zero attached hydrogens (tertiary/aromatic N) is 4. The van der Waals surface area contributed by atoms with Crippen LogP contribution in [0.15, 0.2) is 54.6 Å². The number of H-pyrrole nitrogens is 1. The van der Waals surface area contributed by atoms with Gasteiger partial charge in [-0.15, -0.1) is 10.2 Å². The molecule has 1 atom stereocenters. The van der Waals surface area contributed by atoms with Crippen molar-refractivity contribution in [3.8, 4) is 17.1 Å². The Hall–Kier alpha value is -3.90. The number of tetrazole rings is 1. The first-order chi connectivity index (χ1) is 17.4. The number of hydrogen-bond donors (Lipinski definition) is 1. The van der Waals surface area contributed by atoms with Crippen molar-refractivity contribution >= 4 is 11.6 Å². The molecule has 3 aromatic rings. The molecule has 196 valence electrons. The van der Waals surface area contributed by atoms with E-state index in [4.69, 9.17) is 4.74 Å². The Balaban J connectivity index is 1.76. The number of alkyl halides is 6. The number of ether oxygens (including phenoxy) is 1. The smallest absolute Gasteiger partial charge is 0.416 e. The quantitative estimate of drug-likeness (QED) is 0.319. The second kappa shape index (κ2) is 9.87. The van der Waals surface area contributed by atoms with Crippen molar-refractivity contribution in [3.63, 3.8) is 0 Å². The highest BCUT2D eigenvalue weighted by Crippen LogP contribution is 2.51. The Morgan fingerprint density at radius 1 is 1.08 bits per heavy atom. The standard InChI is InChI=1S/C24H21F6N5O2/c1-15-5-10-19(18(14-15)21-31-33-34-32-21)35-20(36)4-2-11-22(35,24(28,29)30)16-6-8-17(9-7-16)37-13-3-12-23(25,26)27/h2,4-10,14H,3,11-13H2,1H3,(H,31,32,33,34)/t22-/m1/s1. The molecule has 0 unspecified atom stereocenters. The highest BCUT2D eigenvalue weighted by atomic mass is 19.4. The molecule has 1 aliphatic heterocycles. The van der Waals surface area contributed by atoms with Crippen molar-refractivity contribution in [2.75, 3.05) is 11.5 Å². The van der Waals surface area contributed by atoms with Crippen LogP contribution in [-0.2, 0) is 10.3 Å². The molecule has 0 saturated heterocycles. The maximum Gasteiger partial charge on any atom is 0.416 e. The average molecular weight is 525 g/mol. The van der Waals surface area contributed by atoms with Crippen LogP contribution < -0.4 is 9.64 Å². The topological polar surface area (TPSA) is 84.0 Å². The van der Waals surface area contributed by atoms with Gasteiger partial charge in [-0.05, 0) is 54.5 Å². The third kappa shape index (κ3) is 5.30. The van der Waals surface area contributed by atoms with Crippen LogP contribution in [0.1, 0.15) is 30.4 Å². The first-order valence-electron chi connectivity index (χ1n) is 11.1. The van der Waals surface area contributed by atoms with Gasteiger partial charge in [0.1, 0.15) is 5.75 Å². The average Bonchev–Trinajstić information content (AvgIpc) is 3.36. The number of nitrogens with one attached hydrogen (secondary N) is 1. The zero-order valence-corrected chi connectivity index (χ0v) is 19.4. The molecule has 13 heteroatoms. The Morgan fingerprint density at radius 2 is 1.81 bits per heavy atom. The van der Waals surface area contributed by atoms with Gasteiger partial charge in [0.05, 0.1) is 12.3 Å². The molecule has 1 N–H and O–H groups in total. The van der Waals surface area contributed by atoms with Crippen molar-refractivity contribution < 1.29 is 35.9 Å². The lowest BCUT2D eigenvalue weighted by Gasteiger charge is -2.46. The van der Waals surface area contributed by atoms with Gasteiger partial charge in [0.15, 0.2) is 5.54 Å². The van der Waals surface area contributed by atoms with Crippen molar-refractivity contribution in [2.24, 2.45) is 0 Å². The number of benzene rings is 2. The molecule has 0 bridgehead atoms. The van der Waals surface area contributed by atoms with Crippen LogP contribution in [0.4, 0.5) is 32.0 Å². The number of aromatic nitrogens is 4. The van der Waals surface area contributed by atoms with Crippen molar-refractivity contribution in [2.45, 2.75) is 44.1 Å². The normalized spacial score (nSPS) is 18.4. The minimum atomic E-state index is -4.93. The van der Waals surface area contributed by atoms with E-state index in [0.29, 0.717) is 10.5 Å². The summed E-state index contributed by atoms with van der Waals surface area (Å²) in [5, 5.41) is 13.5. The summed E-state index contributed by atoms with van der Waals surface area (Å²) in [4.78, 5) is 13.8. The van der Waals surface area contributed by atoms with E-state index >= 15 is 0 Å². The van der Waals surface area contributed by atoms with E-state index < -0.39 is 36.6 Å². The highest BCUT2D eigenvalue weighted by molar-refractivity contribution is 6.06.